The lowest BCUT2D eigenvalue weighted by atomic mass is 10.1. The molecule has 18 heavy (non-hydrogen) atoms. The average molecular weight is 266 g/mol. The van der Waals surface area contributed by atoms with Gasteiger partial charge in [0.2, 0.25) is 5.91 Å². The molecule has 1 fully saturated rings. The van der Waals surface area contributed by atoms with Gasteiger partial charge in [0, 0.05) is 42.4 Å². The van der Waals surface area contributed by atoms with Crippen LogP contribution in [-0.4, -0.2) is 29.9 Å². The van der Waals surface area contributed by atoms with Crippen molar-refractivity contribution < 1.29 is 4.79 Å². The molecular formula is C14H22N2OS. The van der Waals surface area contributed by atoms with E-state index in [1.807, 2.05) is 16.2 Å². The van der Waals surface area contributed by atoms with Crippen molar-refractivity contribution in [2.45, 2.75) is 46.2 Å². The number of thiophene rings is 1. The summed E-state index contributed by atoms with van der Waals surface area (Å²) in [4.78, 5) is 16.0. The summed E-state index contributed by atoms with van der Waals surface area (Å²) in [6.07, 6.45) is 2.14. The van der Waals surface area contributed by atoms with Gasteiger partial charge in [-0.05, 0) is 38.3 Å². The first-order chi connectivity index (χ1) is 8.56. The molecule has 1 aliphatic rings. The Morgan fingerprint density at radius 1 is 1.44 bits per heavy atom. The maximum atomic E-state index is 11.2. The number of likely N-dealkylation sites (tertiary alicyclic amines) is 1. The van der Waals surface area contributed by atoms with Crippen LogP contribution in [0, 0.1) is 13.8 Å². The second-order valence-corrected chi connectivity index (χ2v) is 6.45. The second-order valence-electron chi connectivity index (χ2n) is 5.11. The molecule has 2 rings (SSSR count). The quantitative estimate of drug-likeness (QED) is 0.911. The van der Waals surface area contributed by atoms with Crippen molar-refractivity contribution in [2.24, 2.45) is 0 Å². The highest BCUT2D eigenvalue weighted by molar-refractivity contribution is 7.12. The van der Waals surface area contributed by atoms with E-state index in [2.05, 4.69) is 25.2 Å². The van der Waals surface area contributed by atoms with Gasteiger partial charge in [0.1, 0.15) is 0 Å². The SMILES string of the molecule is CC(=O)N1CCC(NCc2cc(C)c(C)s2)CC1. The number of hydrogen-bond acceptors (Lipinski definition) is 3. The summed E-state index contributed by atoms with van der Waals surface area (Å²) in [6.45, 7) is 8.76. The molecule has 0 saturated carbocycles. The van der Waals surface area contributed by atoms with Crippen LogP contribution in [0.25, 0.3) is 0 Å². The third kappa shape index (κ3) is 3.33. The van der Waals surface area contributed by atoms with Crippen molar-refractivity contribution in [3.63, 3.8) is 0 Å². The molecule has 4 heteroatoms. The summed E-state index contributed by atoms with van der Waals surface area (Å²) in [5.74, 6) is 0.206. The van der Waals surface area contributed by atoms with Gasteiger partial charge in [-0.15, -0.1) is 11.3 Å². The summed E-state index contributed by atoms with van der Waals surface area (Å²) >= 11 is 1.88. The topological polar surface area (TPSA) is 32.3 Å². The normalized spacial score (nSPS) is 17.2. The van der Waals surface area contributed by atoms with E-state index in [1.54, 1.807) is 6.92 Å². The van der Waals surface area contributed by atoms with Gasteiger partial charge < -0.3 is 10.2 Å². The zero-order valence-corrected chi connectivity index (χ0v) is 12.3. The van der Waals surface area contributed by atoms with E-state index in [0.29, 0.717) is 6.04 Å². The van der Waals surface area contributed by atoms with Crippen LogP contribution in [-0.2, 0) is 11.3 Å². The summed E-state index contributed by atoms with van der Waals surface area (Å²) in [6, 6.07) is 2.83. The first-order valence-corrected chi connectivity index (χ1v) is 7.42. The lowest BCUT2D eigenvalue weighted by Crippen LogP contribution is -2.43. The van der Waals surface area contributed by atoms with Crippen LogP contribution in [0.15, 0.2) is 6.07 Å². The summed E-state index contributed by atoms with van der Waals surface area (Å²) in [7, 11) is 0. The van der Waals surface area contributed by atoms with E-state index in [4.69, 9.17) is 0 Å². The standard InChI is InChI=1S/C14H22N2OS/c1-10-8-14(18-11(10)2)9-15-13-4-6-16(7-5-13)12(3)17/h8,13,15H,4-7,9H2,1-3H3. The van der Waals surface area contributed by atoms with E-state index in [0.717, 1.165) is 32.5 Å². The fourth-order valence-corrected chi connectivity index (χ4v) is 3.38. The van der Waals surface area contributed by atoms with Crippen molar-refractivity contribution in [2.75, 3.05) is 13.1 Å². The van der Waals surface area contributed by atoms with Gasteiger partial charge in [0.15, 0.2) is 0 Å². The Hall–Kier alpha value is -0.870. The lowest BCUT2D eigenvalue weighted by molar-refractivity contribution is -0.129. The number of piperidine rings is 1. The zero-order valence-electron chi connectivity index (χ0n) is 11.5. The predicted molar refractivity (Wildman–Crippen MR) is 75.9 cm³/mol. The zero-order chi connectivity index (χ0) is 13.1. The van der Waals surface area contributed by atoms with E-state index >= 15 is 0 Å². The number of nitrogens with zero attached hydrogens (tertiary/aromatic N) is 1. The monoisotopic (exact) mass is 266 g/mol. The van der Waals surface area contributed by atoms with Crippen LogP contribution in [0.2, 0.25) is 0 Å². The Bertz CT molecular complexity index is 400. The van der Waals surface area contributed by atoms with Crippen LogP contribution in [0.3, 0.4) is 0 Å². The molecule has 1 amide bonds. The van der Waals surface area contributed by atoms with Gasteiger partial charge in [-0.1, -0.05) is 0 Å². The maximum Gasteiger partial charge on any atom is 0.219 e. The fourth-order valence-electron chi connectivity index (χ4n) is 2.38. The van der Waals surface area contributed by atoms with Gasteiger partial charge in [-0.25, -0.2) is 0 Å². The van der Waals surface area contributed by atoms with Crippen molar-refractivity contribution in [1.82, 2.24) is 10.2 Å². The number of rotatable bonds is 3. The molecule has 0 atom stereocenters. The first-order valence-electron chi connectivity index (χ1n) is 6.61. The number of nitrogens with one attached hydrogen (secondary N) is 1. The van der Waals surface area contributed by atoms with Crippen molar-refractivity contribution >= 4 is 17.2 Å². The van der Waals surface area contributed by atoms with E-state index in [-0.39, 0.29) is 5.91 Å². The maximum absolute atomic E-state index is 11.2. The number of carbonyl (C=O) groups is 1. The summed E-state index contributed by atoms with van der Waals surface area (Å²) in [5.41, 5.74) is 1.39. The molecule has 3 nitrogen and oxygen atoms in total. The molecule has 0 spiro atoms. The highest BCUT2D eigenvalue weighted by Gasteiger charge is 2.20. The number of carbonyl (C=O) groups excluding carboxylic acids is 1. The van der Waals surface area contributed by atoms with Gasteiger partial charge in [0.25, 0.3) is 0 Å². The highest BCUT2D eigenvalue weighted by Crippen LogP contribution is 2.21. The van der Waals surface area contributed by atoms with Gasteiger partial charge in [0.05, 0.1) is 0 Å². The molecule has 1 aromatic heterocycles. The Morgan fingerprint density at radius 3 is 2.61 bits per heavy atom. The van der Waals surface area contributed by atoms with Crippen molar-refractivity contribution in [3.05, 3.63) is 21.4 Å². The molecule has 0 radical (unpaired) electrons. The molecular weight excluding hydrogens is 244 g/mol. The Balaban J connectivity index is 1.77. The van der Waals surface area contributed by atoms with E-state index in [9.17, 15) is 4.79 Å². The fraction of sp³-hybridized carbons (Fsp3) is 0.643. The van der Waals surface area contributed by atoms with Crippen LogP contribution in [0.4, 0.5) is 0 Å². The van der Waals surface area contributed by atoms with Crippen LogP contribution in [0.5, 0.6) is 0 Å². The minimum Gasteiger partial charge on any atom is -0.343 e. The van der Waals surface area contributed by atoms with Gasteiger partial charge in [-0.3, -0.25) is 4.79 Å². The number of hydrogen-bond donors (Lipinski definition) is 1. The Kier molecular flexibility index (Phi) is 4.40. The first kappa shape index (κ1) is 13.6. The van der Waals surface area contributed by atoms with Crippen LogP contribution in [0.1, 0.15) is 35.1 Å². The molecule has 1 aromatic rings. The molecule has 0 unspecified atom stereocenters. The van der Waals surface area contributed by atoms with Crippen molar-refractivity contribution in [1.29, 1.82) is 0 Å². The van der Waals surface area contributed by atoms with Crippen LogP contribution < -0.4 is 5.32 Å². The van der Waals surface area contributed by atoms with Crippen molar-refractivity contribution in [3.8, 4) is 0 Å². The summed E-state index contributed by atoms with van der Waals surface area (Å²) < 4.78 is 0. The van der Waals surface area contributed by atoms with E-state index in [1.165, 1.54) is 15.3 Å². The van der Waals surface area contributed by atoms with Gasteiger partial charge in [-0.2, -0.15) is 0 Å². The van der Waals surface area contributed by atoms with E-state index < -0.39 is 0 Å². The minimum atomic E-state index is 0.206. The molecule has 2 heterocycles. The molecule has 0 aromatic carbocycles. The Labute approximate surface area is 113 Å². The predicted octanol–water partition coefficient (Wildman–Crippen LogP) is 2.47. The molecule has 1 N–H and O–H groups in total. The number of aryl methyl sites for hydroxylation is 2. The summed E-state index contributed by atoms with van der Waals surface area (Å²) in [5, 5.41) is 3.61. The highest BCUT2D eigenvalue weighted by atomic mass is 32.1. The molecule has 1 saturated heterocycles. The van der Waals surface area contributed by atoms with Gasteiger partial charge >= 0.3 is 0 Å². The molecule has 100 valence electrons. The van der Waals surface area contributed by atoms with Crippen LogP contribution >= 0.6 is 11.3 Å². The second kappa shape index (κ2) is 5.85. The number of amides is 1. The third-order valence-corrected chi connectivity index (χ3v) is 4.87. The average Bonchev–Trinajstić information content (AvgIpc) is 2.67. The smallest absolute Gasteiger partial charge is 0.219 e. The largest absolute Gasteiger partial charge is 0.343 e. The third-order valence-electron chi connectivity index (χ3n) is 3.72. The molecule has 0 aliphatic carbocycles. The molecule has 0 bridgehead atoms. The molecule has 1 aliphatic heterocycles. The Morgan fingerprint density at radius 2 is 2.11 bits per heavy atom. The minimum absolute atomic E-state index is 0.206. The lowest BCUT2D eigenvalue weighted by Gasteiger charge is -2.31.